The molecule has 1 N–H and O–H groups in total. The number of amides is 1. The van der Waals surface area contributed by atoms with Crippen molar-refractivity contribution >= 4 is 46.3 Å². The predicted molar refractivity (Wildman–Crippen MR) is 142 cm³/mol. The summed E-state index contributed by atoms with van der Waals surface area (Å²) < 4.78 is 7.84. The molecule has 2 heterocycles. The number of aliphatic carboxylic acids is 1. The summed E-state index contributed by atoms with van der Waals surface area (Å²) in [5.41, 5.74) is 4.21. The summed E-state index contributed by atoms with van der Waals surface area (Å²) in [4.78, 5) is 25.5. The van der Waals surface area contributed by atoms with Crippen LogP contribution < -0.4 is 4.74 Å². The summed E-state index contributed by atoms with van der Waals surface area (Å²) in [5.74, 6) is -0.729. The summed E-state index contributed by atoms with van der Waals surface area (Å²) in [6.45, 7) is 4.33. The van der Waals surface area contributed by atoms with E-state index in [9.17, 15) is 9.59 Å². The number of carboxylic acids is 1. The van der Waals surface area contributed by atoms with E-state index in [1.165, 1.54) is 0 Å². The minimum Gasteiger partial charge on any atom is -0.494 e. The molecule has 4 rings (SSSR count). The van der Waals surface area contributed by atoms with Gasteiger partial charge in [0.1, 0.15) is 22.3 Å². The van der Waals surface area contributed by atoms with Crippen molar-refractivity contribution < 1.29 is 19.4 Å². The number of carbonyl (C=O) groups is 2. The molecule has 7 nitrogen and oxygen atoms in total. The van der Waals surface area contributed by atoms with Crippen LogP contribution in [-0.4, -0.2) is 49.1 Å². The first-order chi connectivity index (χ1) is 16.9. The number of thiocarbonyl (C=S) groups is 1. The van der Waals surface area contributed by atoms with Gasteiger partial charge >= 0.3 is 5.97 Å². The molecule has 0 radical (unpaired) electrons. The topological polar surface area (TPSA) is 84.7 Å². The fourth-order valence-electron chi connectivity index (χ4n) is 3.65. The highest BCUT2D eigenvalue weighted by Gasteiger charge is 2.33. The maximum absolute atomic E-state index is 12.9. The minimum atomic E-state index is -1.11. The first-order valence-corrected chi connectivity index (χ1v) is 12.5. The maximum atomic E-state index is 12.9. The van der Waals surface area contributed by atoms with Crippen LogP contribution >= 0.6 is 24.0 Å². The lowest BCUT2D eigenvalue weighted by molar-refractivity contribution is -0.140. The van der Waals surface area contributed by atoms with Gasteiger partial charge in [-0.1, -0.05) is 55.5 Å². The van der Waals surface area contributed by atoms with Gasteiger partial charge < -0.3 is 9.84 Å². The van der Waals surface area contributed by atoms with E-state index in [1.807, 2.05) is 61.7 Å². The van der Waals surface area contributed by atoms with Crippen molar-refractivity contribution in [3.8, 4) is 22.7 Å². The molecule has 9 heteroatoms. The fourth-order valence-corrected chi connectivity index (χ4v) is 4.90. The second-order valence-corrected chi connectivity index (χ2v) is 9.73. The Bertz CT molecular complexity index is 1300. The van der Waals surface area contributed by atoms with Crippen LogP contribution in [0.5, 0.6) is 5.75 Å². The molecule has 1 aromatic heterocycles. The van der Waals surface area contributed by atoms with Gasteiger partial charge in [0.25, 0.3) is 5.91 Å². The molecule has 1 aliphatic rings. The lowest BCUT2D eigenvalue weighted by atomic mass is 10.0. The van der Waals surface area contributed by atoms with E-state index >= 15 is 0 Å². The quantitative estimate of drug-likeness (QED) is 0.239. The Labute approximate surface area is 213 Å². The molecule has 1 aliphatic heterocycles. The van der Waals surface area contributed by atoms with Gasteiger partial charge in [-0.05, 0) is 55.3 Å². The molecular weight excluding hydrogens is 482 g/mol. The third-order valence-electron chi connectivity index (χ3n) is 5.44. The van der Waals surface area contributed by atoms with Crippen molar-refractivity contribution in [1.29, 1.82) is 0 Å². The number of para-hydroxylation sites is 1. The molecule has 0 atom stereocenters. The molecule has 2 aromatic carbocycles. The molecule has 0 bridgehead atoms. The standard InChI is InChI=1S/C26H25N3O4S2/c1-3-4-12-33-20-10-11-21(17(2)13-20)24-18(15-29(27-24)19-8-6-5-7-9-19)14-22-25(32)28(16-23(30)31)26(34)35-22/h5-11,13-15H,3-4,12,16H2,1-2H3,(H,30,31)/b22-14+. The fraction of sp³-hybridized carbons (Fsp3) is 0.231. The van der Waals surface area contributed by atoms with Crippen molar-refractivity contribution in [3.63, 3.8) is 0 Å². The molecule has 1 amide bonds. The molecule has 0 aliphatic carbocycles. The Kier molecular flexibility index (Phi) is 7.67. The Morgan fingerprint density at radius 2 is 2.00 bits per heavy atom. The SMILES string of the molecule is CCCCOc1ccc(-c2nn(-c3ccccc3)cc2/C=C2/SC(=S)N(CC(=O)O)C2=O)c(C)c1. The van der Waals surface area contributed by atoms with Gasteiger partial charge in [0, 0.05) is 17.3 Å². The van der Waals surface area contributed by atoms with Gasteiger partial charge in [0.05, 0.1) is 17.2 Å². The Morgan fingerprint density at radius 3 is 2.69 bits per heavy atom. The molecule has 0 unspecified atom stereocenters. The normalized spacial score (nSPS) is 14.7. The van der Waals surface area contributed by atoms with Crippen molar-refractivity contribution in [2.75, 3.05) is 13.2 Å². The van der Waals surface area contributed by atoms with Crippen molar-refractivity contribution in [3.05, 3.63) is 70.8 Å². The zero-order chi connectivity index (χ0) is 24.9. The summed E-state index contributed by atoms with van der Waals surface area (Å²) in [5, 5.41) is 14.0. The molecule has 35 heavy (non-hydrogen) atoms. The third kappa shape index (κ3) is 5.63. The predicted octanol–water partition coefficient (Wildman–Crippen LogP) is 5.31. The van der Waals surface area contributed by atoms with E-state index < -0.39 is 18.4 Å². The zero-order valence-electron chi connectivity index (χ0n) is 19.4. The van der Waals surface area contributed by atoms with E-state index in [1.54, 1.807) is 10.8 Å². The molecule has 1 fully saturated rings. The van der Waals surface area contributed by atoms with Crippen LogP contribution in [0.15, 0.2) is 59.6 Å². The smallest absolute Gasteiger partial charge is 0.323 e. The van der Waals surface area contributed by atoms with Gasteiger partial charge in [0.2, 0.25) is 0 Å². The Hall–Kier alpha value is -3.43. The summed E-state index contributed by atoms with van der Waals surface area (Å²) >= 11 is 6.34. The average Bonchev–Trinajstić information content (AvgIpc) is 3.36. The number of ether oxygens (including phenoxy) is 1. The van der Waals surface area contributed by atoms with Gasteiger partial charge in [-0.15, -0.1) is 0 Å². The van der Waals surface area contributed by atoms with Crippen LogP contribution in [-0.2, 0) is 9.59 Å². The van der Waals surface area contributed by atoms with Crippen LogP contribution in [0.25, 0.3) is 23.0 Å². The number of benzene rings is 2. The number of aryl methyl sites for hydroxylation is 1. The average molecular weight is 508 g/mol. The first kappa shape index (κ1) is 24.7. The number of carbonyl (C=O) groups excluding carboxylic acids is 1. The van der Waals surface area contributed by atoms with Crippen LogP contribution in [0, 0.1) is 6.92 Å². The first-order valence-electron chi connectivity index (χ1n) is 11.2. The van der Waals surface area contributed by atoms with E-state index in [-0.39, 0.29) is 4.32 Å². The van der Waals surface area contributed by atoms with Crippen molar-refractivity contribution in [2.45, 2.75) is 26.7 Å². The van der Waals surface area contributed by atoms with Gasteiger partial charge in [-0.2, -0.15) is 5.10 Å². The third-order valence-corrected chi connectivity index (χ3v) is 6.81. The lowest BCUT2D eigenvalue weighted by Gasteiger charge is -2.10. The highest BCUT2D eigenvalue weighted by atomic mass is 32.2. The number of carboxylic acid groups (broad SMARTS) is 1. The van der Waals surface area contributed by atoms with Crippen LogP contribution in [0.3, 0.4) is 0 Å². The maximum Gasteiger partial charge on any atom is 0.323 e. The monoisotopic (exact) mass is 507 g/mol. The number of unbranched alkanes of at least 4 members (excludes halogenated alkanes) is 1. The number of hydrogen-bond donors (Lipinski definition) is 1. The van der Waals surface area contributed by atoms with Crippen LogP contribution in [0.2, 0.25) is 0 Å². The van der Waals surface area contributed by atoms with E-state index in [2.05, 4.69) is 6.92 Å². The van der Waals surface area contributed by atoms with Gasteiger partial charge in [0.15, 0.2) is 0 Å². The van der Waals surface area contributed by atoms with Crippen LogP contribution in [0.1, 0.15) is 30.9 Å². The largest absolute Gasteiger partial charge is 0.494 e. The molecular formula is C26H25N3O4S2. The highest BCUT2D eigenvalue weighted by Crippen LogP contribution is 2.36. The van der Waals surface area contributed by atoms with Crippen LogP contribution in [0.4, 0.5) is 0 Å². The van der Waals surface area contributed by atoms with Gasteiger partial charge in [-0.25, -0.2) is 4.68 Å². The summed E-state index contributed by atoms with van der Waals surface area (Å²) in [7, 11) is 0. The lowest BCUT2D eigenvalue weighted by Crippen LogP contribution is -2.33. The van der Waals surface area contributed by atoms with Crippen molar-refractivity contribution in [1.82, 2.24) is 14.7 Å². The molecule has 1 saturated heterocycles. The number of thioether (sulfide) groups is 1. The van der Waals surface area contributed by atoms with E-state index in [4.69, 9.17) is 27.2 Å². The molecule has 180 valence electrons. The highest BCUT2D eigenvalue weighted by molar-refractivity contribution is 8.26. The van der Waals surface area contributed by atoms with Gasteiger partial charge in [-0.3, -0.25) is 14.5 Å². The second kappa shape index (κ2) is 10.9. The van der Waals surface area contributed by atoms with E-state index in [0.717, 1.165) is 57.6 Å². The van der Waals surface area contributed by atoms with Crippen molar-refractivity contribution in [2.24, 2.45) is 0 Å². The second-order valence-electron chi connectivity index (χ2n) is 8.05. The molecule has 0 spiro atoms. The summed E-state index contributed by atoms with van der Waals surface area (Å²) in [6.07, 6.45) is 5.65. The Balaban J connectivity index is 1.75. The number of hydrogen-bond acceptors (Lipinski definition) is 6. The molecule has 0 saturated carbocycles. The van der Waals surface area contributed by atoms with E-state index in [0.29, 0.717) is 17.2 Å². The number of aromatic nitrogens is 2. The number of nitrogens with zero attached hydrogens (tertiary/aromatic N) is 3. The zero-order valence-corrected chi connectivity index (χ0v) is 21.1. The molecule has 3 aromatic rings. The summed E-state index contributed by atoms with van der Waals surface area (Å²) in [6, 6.07) is 15.6. The number of rotatable bonds is 9. The minimum absolute atomic E-state index is 0.227. The Morgan fingerprint density at radius 1 is 1.23 bits per heavy atom.